The van der Waals surface area contributed by atoms with Gasteiger partial charge in [-0.25, -0.2) is 4.98 Å². The van der Waals surface area contributed by atoms with Gasteiger partial charge in [0.15, 0.2) is 0 Å². The van der Waals surface area contributed by atoms with Gasteiger partial charge in [0.05, 0.1) is 5.56 Å². The third-order valence-corrected chi connectivity index (χ3v) is 3.40. The zero-order valence-corrected chi connectivity index (χ0v) is 12.8. The number of carbonyl (C=O) groups excluding carboxylic acids is 1. The Labute approximate surface area is 125 Å². The van der Waals surface area contributed by atoms with Crippen molar-refractivity contribution in [3.8, 4) is 0 Å². The highest BCUT2D eigenvalue weighted by Gasteiger charge is 2.16. The lowest BCUT2D eigenvalue weighted by Gasteiger charge is -2.20. The van der Waals surface area contributed by atoms with Gasteiger partial charge in [-0.2, -0.15) is 0 Å². The van der Waals surface area contributed by atoms with Crippen LogP contribution in [0.5, 0.6) is 0 Å². The van der Waals surface area contributed by atoms with E-state index in [0.29, 0.717) is 17.9 Å². The van der Waals surface area contributed by atoms with Gasteiger partial charge >= 0.3 is 0 Å². The van der Waals surface area contributed by atoms with Crippen LogP contribution in [0.15, 0.2) is 42.6 Å². The third-order valence-electron chi connectivity index (χ3n) is 3.40. The van der Waals surface area contributed by atoms with Crippen LogP contribution in [0.2, 0.25) is 0 Å². The number of amides is 1. The first kappa shape index (κ1) is 15.0. The molecule has 1 amide bonds. The molecule has 21 heavy (non-hydrogen) atoms. The van der Waals surface area contributed by atoms with Gasteiger partial charge in [0.1, 0.15) is 5.82 Å². The van der Waals surface area contributed by atoms with Crippen molar-refractivity contribution in [2.24, 2.45) is 0 Å². The minimum Gasteiger partial charge on any atom is -0.370 e. The standard InChI is InChI=1S/C17H21N3O/c1-4-18-16-15(10-7-11-19-16)17(21)20(3)12-14-9-6-5-8-13(14)2/h5-11H,4,12H2,1-3H3,(H,18,19). The van der Waals surface area contributed by atoms with Gasteiger partial charge in [-0.15, -0.1) is 0 Å². The Bertz CT molecular complexity index is 625. The molecule has 0 spiro atoms. The third kappa shape index (κ3) is 3.60. The number of nitrogens with zero attached hydrogens (tertiary/aromatic N) is 2. The molecule has 1 heterocycles. The molecule has 110 valence electrons. The Morgan fingerprint density at radius 2 is 2.00 bits per heavy atom. The van der Waals surface area contributed by atoms with E-state index in [1.807, 2.05) is 38.2 Å². The van der Waals surface area contributed by atoms with Crippen molar-refractivity contribution in [1.82, 2.24) is 9.88 Å². The number of aryl methyl sites for hydroxylation is 1. The van der Waals surface area contributed by atoms with Gasteiger partial charge in [-0.3, -0.25) is 4.79 Å². The number of hydrogen-bond donors (Lipinski definition) is 1. The Morgan fingerprint density at radius 1 is 1.24 bits per heavy atom. The minimum absolute atomic E-state index is 0.0256. The minimum atomic E-state index is -0.0256. The van der Waals surface area contributed by atoms with Crippen molar-refractivity contribution >= 4 is 11.7 Å². The SMILES string of the molecule is CCNc1ncccc1C(=O)N(C)Cc1ccccc1C. The van der Waals surface area contributed by atoms with E-state index in [4.69, 9.17) is 0 Å². The molecule has 0 aliphatic rings. The molecular formula is C17H21N3O. The van der Waals surface area contributed by atoms with Gasteiger partial charge in [0, 0.05) is 26.3 Å². The highest BCUT2D eigenvalue weighted by molar-refractivity contribution is 5.98. The van der Waals surface area contributed by atoms with E-state index in [1.54, 1.807) is 17.2 Å². The van der Waals surface area contributed by atoms with Crippen LogP contribution in [0.1, 0.15) is 28.4 Å². The molecule has 0 bridgehead atoms. The van der Waals surface area contributed by atoms with E-state index < -0.39 is 0 Å². The highest BCUT2D eigenvalue weighted by atomic mass is 16.2. The maximum Gasteiger partial charge on any atom is 0.257 e. The predicted molar refractivity (Wildman–Crippen MR) is 85.4 cm³/mol. The second kappa shape index (κ2) is 6.88. The zero-order valence-electron chi connectivity index (χ0n) is 12.8. The summed E-state index contributed by atoms with van der Waals surface area (Å²) in [4.78, 5) is 18.6. The number of pyridine rings is 1. The quantitative estimate of drug-likeness (QED) is 0.917. The van der Waals surface area contributed by atoms with E-state index in [1.165, 1.54) is 5.56 Å². The van der Waals surface area contributed by atoms with Crippen molar-refractivity contribution in [2.75, 3.05) is 18.9 Å². The van der Waals surface area contributed by atoms with Crippen LogP contribution in [0.4, 0.5) is 5.82 Å². The Hall–Kier alpha value is -2.36. The fourth-order valence-electron chi connectivity index (χ4n) is 2.21. The topological polar surface area (TPSA) is 45.2 Å². The number of carbonyl (C=O) groups is 1. The van der Waals surface area contributed by atoms with Crippen LogP contribution in [-0.2, 0) is 6.54 Å². The Morgan fingerprint density at radius 3 is 2.71 bits per heavy atom. The second-order valence-electron chi connectivity index (χ2n) is 5.02. The Balaban J connectivity index is 2.18. The fraction of sp³-hybridized carbons (Fsp3) is 0.294. The molecule has 2 rings (SSSR count). The molecule has 4 nitrogen and oxygen atoms in total. The zero-order chi connectivity index (χ0) is 15.2. The summed E-state index contributed by atoms with van der Waals surface area (Å²) in [5, 5.41) is 3.13. The molecule has 1 aromatic carbocycles. The van der Waals surface area contributed by atoms with Crippen molar-refractivity contribution in [2.45, 2.75) is 20.4 Å². The summed E-state index contributed by atoms with van der Waals surface area (Å²) in [7, 11) is 1.82. The number of hydrogen-bond acceptors (Lipinski definition) is 3. The average Bonchev–Trinajstić information content (AvgIpc) is 2.50. The lowest BCUT2D eigenvalue weighted by molar-refractivity contribution is 0.0785. The summed E-state index contributed by atoms with van der Waals surface area (Å²) in [6, 6.07) is 11.7. The van der Waals surface area contributed by atoms with Crippen LogP contribution in [-0.4, -0.2) is 29.4 Å². The molecule has 4 heteroatoms. The summed E-state index contributed by atoms with van der Waals surface area (Å²) >= 11 is 0. The van der Waals surface area contributed by atoms with E-state index in [-0.39, 0.29) is 5.91 Å². The van der Waals surface area contributed by atoms with Crippen molar-refractivity contribution in [3.63, 3.8) is 0 Å². The average molecular weight is 283 g/mol. The molecule has 1 N–H and O–H groups in total. The lowest BCUT2D eigenvalue weighted by atomic mass is 10.1. The molecular weight excluding hydrogens is 262 g/mol. The van der Waals surface area contributed by atoms with Gasteiger partial charge in [-0.1, -0.05) is 24.3 Å². The molecule has 0 unspecified atom stereocenters. The molecule has 0 saturated heterocycles. The lowest BCUT2D eigenvalue weighted by Crippen LogP contribution is -2.27. The second-order valence-corrected chi connectivity index (χ2v) is 5.02. The van der Waals surface area contributed by atoms with Crippen LogP contribution in [0.25, 0.3) is 0 Å². The first-order chi connectivity index (χ1) is 10.1. The van der Waals surface area contributed by atoms with Crippen LogP contribution in [0, 0.1) is 6.92 Å². The number of rotatable bonds is 5. The predicted octanol–water partition coefficient (Wildman–Crippen LogP) is 3.09. The summed E-state index contributed by atoms with van der Waals surface area (Å²) in [6.45, 7) is 5.37. The van der Waals surface area contributed by atoms with Gasteiger partial charge in [0.25, 0.3) is 5.91 Å². The van der Waals surface area contributed by atoms with Gasteiger partial charge in [-0.05, 0) is 37.1 Å². The van der Waals surface area contributed by atoms with E-state index in [0.717, 1.165) is 12.1 Å². The van der Waals surface area contributed by atoms with Crippen molar-refractivity contribution in [1.29, 1.82) is 0 Å². The van der Waals surface area contributed by atoms with E-state index >= 15 is 0 Å². The summed E-state index contributed by atoms with van der Waals surface area (Å²) in [5.41, 5.74) is 2.95. The van der Waals surface area contributed by atoms with Gasteiger partial charge < -0.3 is 10.2 Å². The van der Waals surface area contributed by atoms with Crippen LogP contribution < -0.4 is 5.32 Å². The fourth-order valence-corrected chi connectivity index (χ4v) is 2.21. The molecule has 0 atom stereocenters. The van der Waals surface area contributed by atoms with E-state index in [2.05, 4.69) is 23.3 Å². The summed E-state index contributed by atoms with van der Waals surface area (Å²) < 4.78 is 0. The van der Waals surface area contributed by atoms with E-state index in [9.17, 15) is 4.79 Å². The summed E-state index contributed by atoms with van der Waals surface area (Å²) in [6.07, 6.45) is 1.69. The monoisotopic (exact) mass is 283 g/mol. The summed E-state index contributed by atoms with van der Waals surface area (Å²) in [5.74, 6) is 0.615. The van der Waals surface area contributed by atoms with Crippen LogP contribution in [0.3, 0.4) is 0 Å². The number of benzene rings is 1. The molecule has 0 saturated carbocycles. The smallest absolute Gasteiger partial charge is 0.257 e. The molecule has 0 fully saturated rings. The maximum atomic E-state index is 12.6. The van der Waals surface area contributed by atoms with Gasteiger partial charge in [0.2, 0.25) is 0 Å². The first-order valence-corrected chi connectivity index (χ1v) is 7.12. The highest BCUT2D eigenvalue weighted by Crippen LogP contribution is 2.16. The first-order valence-electron chi connectivity index (χ1n) is 7.12. The molecule has 1 aromatic heterocycles. The molecule has 0 aliphatic carbocycles. The Kier molecular flexibility index (Phi) is 4.93. The number of aromatic nitrogens is 1. The van der Waals surface area contributed by atoms with Crippen molar-refractivity contribution < 1.29 is 4.79 Å². The van der Waals surface area contributed by atoms with Crippen LogP contribution >= 0.6 is 0 Å². The normalized spacial score (nSPS) is 10.2. The number of anilines is 1. The molecule has 0 radical (unpaired) electrons. The maximum absolute atomic E-state index is 12.6. The number of nitrogens with one attached hydrogen (secondary N) is 1. The largest absolute Gasteiger partial charge is 0.370 e. The molecule has 0 aliphatic heterocycles. The molecule has 2 aromatic rings. The van der Waals surface area contributed by atoms with Crippen molar-refractivity contribution in [3.05, 3.63) is 59.3 Å².